The van der Waals surface area contributed by atoms with E-state index >= 15 is 0 Å². The fourth-order valence-corrected chi connectivity index (χ4v) is 4.04. The highest BCUT2D eigenvalue weighted by Crippen LogP contribution is 2.31. The van der Waals surface area contributed by atoms with Gasteiger partial charge >= 0.3 is 5.97 Å². The van der Waals surface area contributed by atoms with Crippen LogP contribution in [0.2, 0.25) is 0 Å². The molecular weight excluding hydrogens is 420 g/mol. The molecule has 0 spiro atoms. The molecule has 7 heteroatoms. The summed E-state index contributed by atoms with van der Waals surface area (Å²) in [6.45, 7) is 0. The number of Topliss-reactive ketones (excluding diaryl/α,β-unsaturated/α-hetero) is 1. The van der Waals surface area contributed by atoms with Crippen LogP contribution >= 0.6 is 0 Å². The molecule has 7 nitrogen and oxygen atoms in total. The molecule has 0 aliphatic heterocycles. The van der Waals surface area contributed by atoms with Crippen molar-refractivity contribution in [1.29, 1.82) is 0 Å². The number of para-hydroxylation sites is 1. The van der Waals surface area contributed by atoms with Gasteiger partial charge in [-0.2, -0.15) is 0 Å². The lowest BCUT2D eigenvalue weighted by Crippen LogP contribution is -2.23. The van der Waals surface area contributed by atoms with Gasteiger partial charge in [0.15, 0.2) is 0 Å². The van der Waals surface area contributed by atoms with E-state index in [0.717, 1.165) is 25.7 Å². The minimum atomic E-state index is -0.620. The van der Waals surface area contributed by atoms with E-state index in [9.17, 15) is 19.7 Å². The van der Waals surface area contributed by atoms with E-state index in [1.165, 1.54) is 6.07 Å². The summed E-state index contributed by atoms with van der Waals surface area (Å²) in [7, 11) is 0. The third-order valence-electron chi connectivity index (χ3n) is 5.77. The Labute approximate surface area is 190 Å². The Bertz CT molecular complexity index is 1200. The van der Waals surface area contributed by atoms with E-state index in [2.05, 4.69) is 5.16 Å². The lowest BCUT2D eigenvalue weighted by atomic mass is 9.93. The lowest BCUT2D eigenvalue weighted by molar-refractivity contribution is -0.384. The first-order chi connectivity index (χ1) is 16.0. The van der Waals surface area contributed by atoms with Gasteiger partial charge in [-0.15, -0.1) is 0 Å². The highest BCUT2D eigenvalue weighted by atomic mass is 16.7. The van der Waals surface area contributed by atoms with Crippen LogP contribution < -0.4 is 0 Å². The molecule has 166 valence electrons. The van der Waals surface area contributed by atoms with Gasteiger partial charge in [-0.3, -0.25) is 14.9 Å². The van der Waals surface area contributed by atoms with Crippen molar-refractivity contribution >= 4 is 23.2 Å². The molecule has 0 aromatic heterocycles. The number of oxime groups is 1. The Hall–Kier alpha value is -4.13. The summed E-state index contributed by atoms with van der Waals surface area (Å²) < 4.78 is 0. The quantitative estimate of drug-likeness (QED) is 0.150. The second-order valence-corrected chi connectivity index (χ2v) is 7.88. The van der Waals surface area contributed by atoms with Crippen molar-refractivity contribution in [2.24, 2.45) is 11.1 Å². The zero-order valence-corrected chi connectivity index (χ0v) is 17.8. The number of nitro benzene ring substituents is 1. The molecule has 3 aromatic rings. The van der Waals surface area contributed by atoms with Crippen LogP contribution in [-0.2, 0) is 4.84 Å². The number of hydrogen-bond donors (Lipinski definition) is 0. The minimum Gasteiger partial charge on any atom is -0.312 e. The van der Waals surface area contributed by atoms with E-state index in [1.54, 1.807) is 72.8 Å². The van der Waals surface area contributed by atoms with Gasteiger partial charge in [0.05, 0.1) is 16.1 Å². The first-order valence-corrected chi connectivity index (χ1v) is 10.8. The molecule has 0 bridgehead atoms. The molecule has 0 unspecified atom stereocenters. The molecular formula is C26H22N2O5. The molecule has 0 atom stereocenters. The minimum absolute atomic E-state index is 0.00221. The van der Waals surface area contributed by atoms with Crippen LogP contribution in [0.1, 0.15) is 46.4 Å². The molecule has 0 heterocycles. The predicted molar refractivity (Wildman–Crippen MR) is 124 cm³/mol. The fraction of sp³-hybridized carbons (Fsp3) is 0.192. The highest BCUT2D eigenvalue weighted by molar-refractivity contribution is 6.46. The predicted octanol–water partition coefficient (Wildman–Crippen LogP) is 5.85. The maximum absolute atomic E-state index is 13.3. The number of ketones is 1. The number of carbonyl (C=O) groups excluding carboxylic acids is 2. The Morgan fingerprint density at radius 2 is 1.48 bits per heavy atom. The second kappa shape index (κ2) is 9.99. The molecule has 0 N–H and O–H groups in total. The van der Waals surface area contributed by atoms with Crippen molar-refractivity contribution < 1.29 is 19.3 Å². The normalized spacial score (nSPS) is 14.1. The molecule has 0 radical (unpaired) electrons. The van der Waals surface area contributed by atoms with Crippen molar-refractivity contribution in [2.75, 3.05) is 0 Å². The van der Waals surface area contributed by atoms with E-state index in [4.69, 9.17) is 4.84 Å². The van der Waals surface area contributed by atoms with Crippen molar-refractivity contribution in [3.05, 3.63) is 100 Å². The van der Waals surface area contributed by atoms with Crippen molar-refractivity contribution in [3.63, 3.8) is 0 Å². The summed E-state index contributed by atoms with van der Waals surface area (Å²) in [5, 5.41) is 15.3. The Morgan fingerprint density at radius 1 is 0.848 bits per heavy atom. The van der Waals surface area contributed by atoms with Crippen LogP contribution in [0.4, 0.5) is 5.69 Å². The number of nitro groups is 1. The lowest BCUT2D eigenvalue weighted by Gasteiger charge is -2.12. The van der Waals surface area contributed by atoms with Crippen molar-refractivity contribution in [1.82, 2.24) is 0 Å². The van der Waals surface area contributed by atoms with Crippen LogP contribution in [0.15, 0.2) is 84.0 Å². The average molecular weight is 442 g/mol. The van der Waals surface area contributed by atoms with E-state index in [1.807, 2.05) is 0 Å². The Morgan fingerprint density at radius 3 is 2.15 bits per heavy atom. The number of carbonyl (C=O) groups is 2. The molecule has 1 saturated carbocycles. The van der Waals surface area contributed by atoms with Gasteiger partial charge < -0.3 is 4.84 Å². The molecule has 4 rings (SSSR count). The summed E-state index contributed by atoms with van der Waals surface area (Å²) >= 11 is 0. The zero-order valence-electron chi connectivity index (χ0n) is 17.8. The van der Waals surface area contributed by atoms with Crippen LogP contribution in [0.25, 0.3) is 11.1 Å². The maximum atomic E-state index is 13.3. The number of rotatable bonds is 7. The van der Waals surface area contributed by atoms with E-state index in [0.29, 0.717) is 22.3 Å². The Balaban J connectivity index is 1.59. The van der Waals surface area contributed by atoms with Crippen molar-refractivity contribution in [2.45, 2.75) is 25.7 Å². The number of benzene rings is 3. The van der Waals surface area contributed by atoms with E-state index in [-0.39, 0.29) is 23.1 Å². The largest absolute Gasteiger partial charge is 0.365 e. The zero-order chi connectivity index (χ0) is 23.2. The molecule has 1 aliphatic rings. The third kappa shape index (κ3) is 5.03. The van der Waals surface area contributed by atoms with Gasteiger partial charge in [-0.1, -0.05) is 72.6 Å². The molecule has 33 heavy (non-hydrogen) atoms. The standard InChI is InChI=1S/C26H22N2O5/c29-25(20-16-14-18(15-17-20)22-12-6-7-13-23(22)28(31)32)24(19-8-4-5-9-19)27-33-26(30)21-10-2-1-3-11-21/h1-3,6-7,10-17,19H,4-5,8-9H2/b27-24-. The number of hydrogen-bond acceptors (Lipinski definition) is 6. The maximum Gasteiger partial charge on any atom is 0.365 e. The second-order valence-electron chi connectivity index (χ2n) is 7.88. The summed E-state index contributed by atoms with van der Waals surface area (Å²) in [4.78, 5) is 41.6. The van der Waals surface area contributed by atoms with Crippen LogP contribution in [-0.4, -0.2) is 22.4 Å². The van der Waals surface area contributed by atoms with Gasteiger partial charge in [0, 0.05) is 17.5 Å². The summed E-state index contributed by atoms with van der Waals surface area (Å²) in [6.07, 6.45) is 3.59. The van der Waals surface area contributed by atoms with Crippen LogP contribution in [0, 0.1) is 16.0 Å². The number of nitrogens with zero attached hydrogens (tertiary/aromatic N) is 2. The first kappa shape index (κ1) is 22.1. The first-order valence-electron chi connectivity index (χ1n) is 10.8. The van der Waals surface area contributed by atoms with Gasteiger partial charge in [-0.05, 0) is 36.6 Å². The molecule has 1 fully saturated rings. The molecule has 0 saturated heterocycles. The SMILES string of the molecule is O=C(O/N=C(\C(=O)c1ccc(-c2ccccc2[N+](=O)[O-])cc1)C1CCCC1)c1ccccc1. The monoisotopic (exact) mass is 442 g/mol. The highest BCUT2D eigenvalue weighted by Gasteiger charge is 2.28. The molecule has 1 aliphatic carbocycles. The summed E-state index contributed by atoms with van der Waals surface area (Å²) in [5.41, 5.74) is 2.08. The summed E-state index contributed by atoms with van der Waals surface area (Å²) in [5.74, 6) is -1.00. The third-order valence-corrected chi connectivity index (χ3v) is 5.77. The summed E-state index contributed by atoms with van der Waals surface area (Å²) in [6, 6.07) is 21.5. The van der Waals surface area contributed by atoms with Crippen molar-refractivity contribution in [3.8, 4) is 11.1 Å². The van der Waals surface area contributed by atoms with Gasteiger partial charge in [0.2, 0.25) is 5.78 Å². The van der Waals surface area contributed by atoms with Gasteiger partial charge in [0.1, 0.15) is 5.71 Å². The smallest absolute Gasteiger partial charge is 0.312 e. The van der Waals surface area contributed by atoms with Gasteiger partial charge in [-0.25, -0.2) is 4.79 Å². The topological polar surface area (TPSA) is 98.9 Å². The molecule has 3 aromatic carbocycles. The van der Waals surface area contributed by atoms with Gasteiger partial charge in [0.25, 0.3) is 5.69 Å². The fourth-order valence-electron chi connectivity index (χ4n) is 4.04. The van der Waals surface area contributed by atoms with E-state index < -0.39 is 10.9 Å². The van der Waals surface area contributed by atoms with Crippen LogP contribution in [0.3, 0.4) is 0 Å². The average Bonchev–Trinajstić information content (AvgIpc) is 3.39. The van der Waals surface area contributed by atoms with Crippen LogP contribution in [0.5, 0.6) is 0 Å². The Kier molecular flexibility index (Phi) is 6.69. The molecule has 0 amide bonds.